The van der Waals surface area contributed by atoms with Gasteiger partial charge < -0.3 is 18.8 Å². The van der Waals surface area contributed by atoms with Crippen molar-refractivity contribution in [3.8, 4) is 17.2 Å². The standard InChI is InChI=1S/C19H18N2O4S2/c1-26-8-7-21-14-9-15-16(25-12-24-15)10-17(14)27-19(21)20-18(22)11-23-13-5-3-2-4-6-13/h2-6,9-10H,7-8,11-12H2,1H3. The number of benzene rings is 2. The van der Waals surface area contributed by atoms with Crippen LogP contribution >= 0.6 is 23.1 Å². The average molecular weight is 402 g/mol. The van der Waals surface area contributed by atoms with Crippen molar-refractivity contribution >= 4 is 39.2 Å². The van der Waals surface area contributed by atoms with Gasteiger partial charge in [0, 0.05) is 24.4 Å². The summed E-state index contributed by atoms with van der Waals surface area (Å²) >= 11 is 3.21. The predicted octanol–water partition coefficient (Wildman–Crippen LogP) is 3.30. The first-order valence-corrected chi connectivity index (χ1v) is 10.6. The first kappa shape index (κ1) is 17.9. The van der Waals surface area contributed by atoms with Crippen molar-refractivity contribution in [2.45, 2.75) is 6.54 Å². The number of para-hydroxylation sites is 1. The molecule has 0 radical (unpaired) electrons. The summed E-state index contributed by atoms with van der Waals surface area (Å²) in [5.41, 5.74) is 0.994. The number of aryl methyl sites for hydroxylation is 1. The van der Waals surface area contributed by atoms with Crippen LogP contribution in [0.25, 0.3) is 10.2 Å². The van der Waals surface area contributed by atoms with Gasteiger partial charge in [-0.25, -0.2) is 0 Å². The summed E-state index contributed by atoms with van der Waals surface area (Å²) in [5, 5.41) is 0. The molecular formula is C19H18N2O4S2. The van der Waals surface area contributed by atoms with Crippen molar-refractivity contribution < 1.29 is 19.0 Å². The number of amides is 1. The summed E-state index contributed by atoms with van der Waals surface area (Å²) in [6, 6.07) is 13.2. The van der Waals surface area contributed by atoms with E-state index in [0.29, 0.717) is 10.6 Å². The lowest BCUT2D eigenvalue weighted by Gasteiger charge is -2.05. The van der Waals surface area contributed by atoms with E-state index in [1.54, 1.807) is 11.8 Å². The number of nitrogens with zero attached hydrogens (tertiary/aromatic N) is 2. The number of carbonyl (C=O) groups is 1. The van der Waals surface area contributed by atoms with E-state index in [1.807, 2.05) is 42.5 Å². The number of aromatic nitrogens is 1. The maximum absolute atomic E-state index is 12.3. The zero-order valence-electron chi connectivity index (χ0n) is 14.7. The Labute approximate surface area is 164 Å². The monoisotopic (exact) mass is 402 g/mol. The van der Waals surface area contributed by atoms with Crippen LogP contribution in [0.2, 0.25) is 0 Å². The molecule has 3 aromatic rings. The van der Waals surface area contributed by atoms with E-state index in [9.17, 15) is 4.79 Å². The van der Waals surface area contributed by atoms with Gasteiger partial charge in [0.25, 0.3) is 5.91 Å². The number of fused-ring (bicyclic) bond motifs is 2. The van der Waals surface area contributed by atoms with Gasteiger partial charge in [-0.3, -0.25) is 4.79 Å². The lowest BCUT2D eigenvalue weighted by Crippen LogP contribution is -2.20. The Balaban J connectivity index is 1.64. The number of rotatable bonds is 6. The molecule has 1 aromatic heterocycles. The number of hydrogen-bond donors (Lipinski definition) is 0. The zero-order valence-corrected chi connectivity index (χ0v) is 16.3. The molecule has 2 heterocycles. The minimum absolute atomic E-state index is 0.0937. The quantitative estimate of drug-likeness (QED) is 0.633. The summed E-state index contributed by atoms with van der Waals surface area (Å²) in [5.74, 6) is 2.71. The normalized spacial score (nSPS) is 13.3. The van der Waals surface area contributed by atoms with Gasteiger partial charge in [-0.05, 0) is 18.4 Å². The molecule has 0 unspecified atom stereocenters. The molecule has 0 saturated heterocycles. The van der Waals surface area contributed by atoms with E-state index in [-0.39, 0.29) is 19.3 Å². The molecule has 0 aliphatic carbocycles. The minimum atomic E-state index is -0.316. The zero-order chi connectivity index (χ0) is 18.6. The Hall–Kier alpha value is -2.45. The van der Waals surface area contributed by atoms with Crippen LogP contribution in [0.4, 0.5) is 0 Å². The average Bonchev–Trinajstić information content (AvgIpc) is 3.27. The third kappa shape index (κ3) is 3.96. The van der Waals surface area contributed by atoms with Gasteiger partial charge >= 0.3 is 0 Å². The summed E-state index contributed by atoms with van der Waals surface area (Å²) in [4.78, 5) is 17.3. The molecule has 4 rings (SSSR count). The second kappa shape index (κ2) is 8.06. The molecule has 6 nitrogen and oxygen atoms in total. The Morgan fingerprint density at radius 3 is 2.81 bits per heavy atom. The lowest BCUT2D eigenvalue weighted by atomic mass is 10.3. The number of thioether (sulfide) groups is 1. The Morgan fingerprint density at radius 2 is 2.04 bits per heavy atom. The Bertz CT molecular complexity index is 1030. The van der Waals surface area contributed by atoms with Crippen molar-refractivity contribution in [2.75, 3.05) is 25.4 Å². The smallest absolute Gasteiger partial charge is 0.286 e. The van der Waals surface area contributed by atoms with Crippen LogP contribution in [0.5, 0.6) is 17.2 Å². The fraction of sp³-hybridized carbons (Fsp3) is 0.263. The molecule has 1 aliphatic rings. The molecule has 140 valence electrons. The van der Waals surface area contributed by atoms with Crippen LogP contribution in [0.1, 0.15) is 0 Å². The third-order valence-electron chi connectivity index (χ3n) is 4.02. The molecule has 2 aromatic carbocycles. The molecule has 8 heteroatoms. The summed E-state index contributed by atoms with van der Waals surface area (Å²) in [7, 11) is 0. The van der Waals surface area contributed by atoms with Gasteiger partial charge in [-0.1, -0.05) is 29.5 Å². The molecule has 0 saturated carbocycles. The van der Waals surface area contributed by atoms with Crippen LogP contribution in [0.15, 0.2) is 47.5 Å². The van der Waals surface area contributed by atoms with Crippen molar-refractivity contribution in [3.63, 3.8) is 0 Å². The highest BCUT2D eigenvalue weighted by Crippen LogP contribution is 2.37. The van der Waals surface area contributed by atoms with Crippen LogP contribution in [-0.4, -0.2) is 35.9 Å². The van der Waals surface area contributed by atoms with E-state index in [0.717, 1.165) is 34.0 Å². The van der Waals surface area contributed by atoms with Crippen LogP contribution in [0.3, 0.4) is 0 Å². The van der Waals surface area contributed by atoms with Crippen LogP contribution < -0.4 is 19.0 Å². The highest BCUT2D eigenvalue weighted by atomic mass is 32.2. The number of hydrogen-bond acceptors (Lipinski definition) is 6. The largest absolute Gasteiger partial charge is 0.484 e. The minimum Gasteiger partial charge on any atom is -0.484 e. The summed E-state index contributed by atoms with van der Waals surface area (Å²) < 4.78 is 19.5. The number of ether oxygens (including phenoxy) is 3. The Kier molecular flexibility index (Phi) is 5.35. The first-order valence-electron chi connectivity index (χ1n) is 8.42. The number of thiazole rings is 1. The van der Waals surface area contributed by atoms with E-state index in [2.05, 4.69) is 15.8 Å². The molecule has 0 atom stereocenters. The maximum atomic E-state index is 12.3. The molecule has 0 N–H and O–H groups in total. The second-order valence-corrected chi connectivity index (χ2v) is 7.80. The van der Waals surface area contributed by atoms with Crippen molar-refractivity contribution in [1.29, 1.82) is 0 Å². The SMILES string of the molecule is CSCCn1c(=NC(=O)COc2ccccc2)sc2cc3c(cc21)OCO3. The van der Waals surface area contributed by atoms with E-state index in [4.69, 9.17) is 14.2 Å². The van der Waals surface area contributed by atoms with Crippen LogP contribution in [-0.2, 0) is 11.3 Å². The summed E-state index contributed by atoms with van der Waals surface area (Å²) in [6.45, 7) is 0.903. The second-order valence-electron chi connectivity index (χ2n) is 5.81. The van der Waals surface area contributed by atoms with Crippen molar-refractivity contribution in [3.05, 3.63) is 47.3 Å². The van der Waals surface area contributed by atoms with Gasteiger partial charge in [-0.2, -0.15) is 16.8 Å². The summed E-state index contributed by atoms with van der Waals surface area (Å²) in [6.07, 6.45) is 2.05. The fourth-order valence-corrected chi connectivity index (χ4v) is 4.19. The third-order valence-corrected chi connectivity index (χ3v) is 5.65. The topological polar surface area (TPSA) is 62.1 Å². The highest BCUT2D eigenvalue weighted by molar-refractivity contribution is 7.98. The lowest BCUT2D eigenvalue weighted by molar-refractivity contribution is -0.120. The first-order chi connectivity index (χ1) is 13.2. The molecule has 1 aliphatic heterocycles. The van der Waals surface area contributed by atoms with Gasteiger partial charge in [-0.15, -0.1) is 0 Å². The van der Waals surface area contributed by atoms with Gasteiger partial charge in [0.1, 0.15) is 5.75 Å². The van der Waals surface area contributed by atoms with E-state index >= 15 is 0 Å². The molecular weight excluding hydrogens is 384 g/mol. The predicted molar refractivity (Wildman–Crippen MR) is 107 cm³/mol. The van der Waals surface area contributed by atoms with E-state index < -0.39 is 0 Å². The maximum Gasteiger partial charge on any atom is 0.286 e. The number of carbonyl (C=O) groups excluding carboxylic acids is 1. The molecule has 1 amide bonds. The fourth-order valence-electron chi connectivity index (χ4n) is 2.74. The van der Waals surface area contributed by atoms with Gasteiger partial charge in [0.15, 0.2) is 22.9 Å². The van der Waals surface area contributed by atoms with Gasteiger partial charge in [0.05, 0.1) is 10.2 Å². The van der Waals surface area contributed by atoms with E-state index in [1.165, 1.54) is 11.3 Å². The molecule has 27 heavy (non-hydrogen) atoms. The molecule has 0 bridgehead atoms. The van der Waals surface area contributed by atoms with Crippen molar-refractivity contribution in [2.24, 2.45) is 4.99 Å². The van der Waals surface area contributed by atoms with Crippen molar-refractivity contribution in [1.82, 2.24) is 4.57 Å². The van der Waals surface area contributed by atoms with Gasteiger partial charge in [0.2, 0.25) is 6.79 Å². The highest BCUT2D eigenvalue weighted by Gasteiger charge is 2.18. The Morgan fingerprint density at radius 1 is 1.26 bits per heavy atom. The molecule has 0 fully saturated rings. The van der Waals surface area contributed by atoms with Crippen LogP contribution in [0, 0.1) is 0 Å². The molecule has 0 spiro atoms.